The fraction of sp³-hybridized carbons (Fsp3) is 0.0833. The zero-order valence-electron chi connectivity index (χ0n) is 8.10. The van der Waals surface area contributed by atoms with Crippen LogP contribution in [0, 0.1) is 0 Å². The molecule has 76 valence electrons. The number of benzene rings is 1. The monoisotopic (exact) mass is 262 g/mol. The summed E-state index contributed by atoms with van der Waals surface area (Å²) in [5.74, 6) is 0. The van der Waals surface area contributed by atoms with Crippen molar-refractivity contribution in [2.75, 3.05) is 0 Å². The van der Waals surface area contributed by atoms with E-state index in [0.717, 1.165) is 15.7 Å². The van der Waals surface area contributed by atoms with E-state index in [4.69, 9.17) is 5.73 Å². The van der Waals surface area contributed by atoms with Gasteiger partial charge in [0.15, 0.2) is 0 Å². The average Bonchev–Trinajstić information content (AvgIpc) is 2.30. The smallest absolute Gasteiger partial charge is 0.106 e. The van der Waals surface area contributed by atoms with Gasteiger partial charge in [0.25, 0.3) is 0 Å². The molecule has 0 aliphatic heterocycles. The minimum Gasteiger partial charge on any atom is -0.320 e. The Bertz CT molecular complexity index is 425. The van der Waals surface area contributed by atoms with Gasteiger partial charge in [0.05, 0.1) is 6.04 Å². The number of nitrogens with two attached hydrogens (primary N) is 1. The van der Waals surface area contributed by atoms with Crippen molar-refractivity contribution in [3.05, 3.63) is 64.4 Å². The van der Waals surface area contributed by atoms with E-state index in [-0.39, 0.29) is 6.04 Å². The van der Waals surface area contributed by atoms with E-state index in [9.17, 15) is 0 Å². The van der Waals surface area contributed by atoms with E-state index in [1.165, 1.54) is 0 Å². The topological polar surface area (TPSA) is 38.9 Å². The molecule has 0 amide bonds. The highest BCUT2D eigenvalue weighted by Crippen LogP contribution is 2.19. The van der Waals surface area contributed by atoms with Crippen LogP contribution in [-0.4, -0.2) is 4.98 Å². The van der Waals surface area contributed by atoms with E-state index in [1.54, 1.807) is 6.20 Å². The summed E-state index contributed by atoms with van der Waals surface area (Å²) in [5, 5.41) is 0. The second-order valence-electron chi connectivity index (χ2n) is 3.30. The lowest BCUT2D eigenvalue weighted by atomic mass is 10.0. The first-order chi connectivity index (χ1) is 7.27. The van der Waals surface area contributed by atoms with Gasteiger partial charge >= 0.3 is 0 Å². The van der Waals surface area contributed by atoms with Crippen molar-refractivity contribution in [1.82, 2.24) is 4.98 Å². The van der Waals surface area contributed by atoms with Crippen molar-refractivity contribution < 1.29 is 0 Å². The third-order valence-corrected chi connectivity index (χ3v) is 2.74. The molecule has 2 N–H and O–H groups in total. The van der Waals surface area contributed by atoms with E-state index in [0.29, 0.717) is 0 Å². The number of hydrogen-bond donors (Lipinski definition) is 1. The van der Waals surface area contributed by atoms with Gasteiger partial charge in [-0.3, -0.25) is 0 Å². The molecule has 3 heteroatoms. The lowest BCUT2D eigenvalue weighted by Gasteiger charge is -2.11. The van der Waals surface area contributed by atoms with Crippen LogP contribution in [-0.2, 0) is 0 Å². The molecule has 2 aromatic rings. The summed E-state index contributed by atoms with van der Waals surface area (Å²) in [6.45, 7) is 0. The molecule has 1 aromatic carbocycles. The first kappa shape index (κ1) is 10.3. The highest BCUT2D eigenvalue weighted by Gasteiger charge is 2.07. The van der Waals surface area contributed by atoms with Crippen LogP contribution in [0.1, 0.15) is 17.2 Å². The molecule has 1 atom stereocenters. The third kappa shape index (κ3) is 2.43. The number of aromatic nitrogens is 1. The van der Waals surface area contributed by atoms with Crippen LogP contribution in [0.5, 0.6) is 0 Å². The highest BCUT2D eigenvalue weighted by molar-refractivity contribution is 9.10. The normalized spacial score (nSPS) is 12.4. The highest BCUT2D eigenvalue weighted by atomic mass is 79.9. The van der Waals surface area contributed by atoms with Gasteiger partial charge in [-0.1, -0.05) is 36.4 Å². The van der Waals surface area contributed by atoms with Gasteiger partial charge in [-0.2, -0.15) is 0 Å². The number of rotatable bonds is 2. The van der Waals surface area contributed by atoms with Gasteiger partial charge in [-0.05, 0) is 33.1 Å². The van der Waals surface area contributed by atoms with E-state index in [1.807, 2.05) is 42.5 Å². The third-order valence-electron chi connectivity index (χ3n) is 2.27. The molecule has 0 saturated carbocycles. The molecular weight excluding hydrogens is 252 g/mol. The molecule has 0 saturated heterocycles. The molecular formula is C12H11BrN2. The Kier molecular flexibility index (Phi) is 3.14. The Morgan fingerprint density at radius 1 is 1.00 bits per heavy atom. The van der Waals surface area contributed by atoms with Crippen molar-refractivity contribution in [1.29, 1.82) is 0 Å². The van der Waals surface area contributed by atoms with Crippen LogP contribution < -0.4 is 5.73 Å². The Labute approximate surface area is 97.3 Å². The summed E-state index contributed by atoms with van der Waals surface area (Å²) in [6, 6.07) is 13.8. The Balaban J connectivity index is 2.29. The molecule has 15 heavy (non-hydrogen) atoms. The fourth-order valence-electron chi connectivity index (χ4n) is 1.42. The number of halogens is 1. The largest absolute Gasteiger partial charge is 0.320 e. The summed E-state index contributed by atoms with van der Waals surface area (Å²) in [7, 11) is 0. The maximum absolute atomic E-state index is 6.11. The lowest BCUT2D eigenvalue weighted by Crippen LogP contribution is -2.11. The molecule has 1 unspecified atom stereocenters. The Morgan fingerprint density at radius 3 is 2.33 bits per heavy atom. The van der Waals surface area contributed by atoms with Gasteiger partial charge in [0.2, 0.25) is 0 Å². The predicted octanol–water partition coefficient (Wildman–Crippen LogP) is 2.89. The van der Waals surface area contributed by atoms with Gasteiger partial charge < -0.3 is 5.73 Å². The van der Waals surface area contributed by atoms with E-state index < -0.39 is 0 Å². The maximum atomic E-state index is 6.11. The van der Waals surface area contributed by atoms with Gasteiger partial charge in [0.1, 0.15) is 4.60 Å². The van der Waals surface area contributed by atoms with Crippen molar-refractivity contribution in [2.45, 2.75) is 6.04 Å². The molecule has 0 aliphatic rings. The molecule has 0 bridgehead atoms. The second kappa shape index (κ2) is 4.55. The molecule has 2 rings (SSSR count). The summed E-state index contributed by atoms with van der Waals surface area (Å²) in [6.07, 6.45) is 1.79. The van der Waals surface area contributed by atoms with Gasteiger partial charge in [0, 0.05) is 6.20 Å². The predicted molar refractivity (Wildman–Crippen MR) is 64.4 cm³/mol. The van der Waals surface area contributed by atoms with Gasteiger partial charge in [-0.15, -0.1) is 0 Å². The second-order valence-corrected chi connectivity index (χ2v) is 4.12. The van der Waals surface area contributed by atoms with Crippen LogP contribution in [0.3, 0.4) is 0 Å². The summed E-state index contributed by atoms with van der Waals surface area (Å²) >= 11 is 3.30. The number of hydrogen-bond acceptors (Lipinski definition) is 2. The van der Waals surface area contributed by atoms with Crippen molar-refractivity contribution in [3.63, 3.8) is 0 Å². The average molecular weight is 263 g/mol. The van der Waals surface area contributed by atoms with Crippen molar-refractivity contribution in [2.24, 2.45) is 5.73 Å². The minimum absolute atomic E-state index is 0.105. The van der Waals surface area contributed by atoms with Crippen molar-refractivity contribution in [3.8, 4) is 0 Å². The first-order valence-electron chi connectivity index (χ1n) is 4.69. The summed E-state index contributed by atoms with van der Waals surface area (Å²) < 4.78 is 0.825. The number of nitrogens with zero attached hydrogens (tertiary/aromatic N) is 1. The lowest BCUT2D eigenvalue weighted by molar-refractivity contribution is 0.862. The molecule has 0 aliphatic carbocycles. The zero-order valence-corrected chi connectivity index (χ0v) is 9.68. The molecule has 0 radical (unpaired) electrons. The Hall–Kier alpha value is -1.19. The van der Waals surface area contributed by atoms with Crippen LogP contribution in [0.4, 0.5) is 0 Å². The molecule has 1 aromatic heterocycles. The van der Waals surface area contributed by atoms with Crippen LogP contribution in [0.15, 0.2) is 53.3 Å². The van der Waals surface area contributed by atoms with Crippen LogP contribution >= 0.6 is 15.9 Å². The summed E-state index contributed by atoms with van der Waals surface area (Å²) in [5.41, 5.74) is 8.23. The van der Waals surface area contributed by atoms with Crippen LogP contribution in [0.25, 0.3) is 0 Å². The zero-order chi connectivity index (χ0) is 10.7. The molecule has 0 spiro atoms. The maximum Gasteiger partial charge on any atom is 0.106 e. The molecule has 0 fully saturated rings. The van der Waals surface area contributed by atoms with E-state index in [2.05, 4.69) is 20.9 Å². The standard InChI is InChI=1S/C12H11BrN2/c13-11-7-6-10(8-15-11)12(14)9-4-2-1-3-5-9/h1-8,12H,14H2. The Morgan fingerprint density at radius 2 is 1.73 bits per heavy atom. The molecule has 1 heterocycles. The SMILES string of the molecule is NC(c1ccccc1)c1ccc(Br)nc1. The van der Waals surface area contributed by atoms with Crippen LogP contribution in [0.2, 0.25) is 0 Å². The minimum atomic E-state index is -0.105. The summed E-state index contributed by atoms with van der Waals surface area (Å²) in [4.78, 5) is 4.16. The quantitative estimate of drug-likeness (QED) is 0.846. The van der Waals surface area contributed by atoms with Crippen molar-refractivity contribution >= 4 is 15.9 Å². The van der Waals surface area contributed by atoms with E-state index >= 15 is 0 Å². The van der Waals surface area contributed by atoms with Gasteiger partial charge in [-0.25, -0.2) is 4.98 Å². The number of pyridine rings is 1. The first-order valence-corrected chi connectivity index (χ1v) is 5.48. The fourth-order valence-corrected chi connectivity index (χ4v) is 1.66. The molecule has 2 nitrogen and oxygen atoms in total.